The van der Waals surface area contributed by atoms with Crippen LogP contribution in [0, 0.1) is 0 Å². The zero-order valence-corrected chi connectivity index (χ0v) is 18.0. The first-order chi connectivity index (χ1) is 14.6. The number of thioether (sulfide) groups is 1. The molecule has 3 rings (SSSR count). The summed E-state index contributed by atoms with van der Waals surface area (Å²) < 4.78 is 41.6. The van der Waals surface area contributed by atoms with Gasteiger partial charge in [0.1, 0.15) is 5.75 Å². The first-order valence-electron chi connectivity index (χ1n) is 9.86. The van der Waals surface area contributed by atoms with E-state index < -0.39 is 6.36 Å². The normalized spacial score (nSPS) is 13.7. The summed E-state index contributed by atoms with van der Waals surface area (Å²) in [6.07, 6.45) is -3.59. The van der Waals surface area contributed by atoms with Gasteiger partial charge in [-0.2, -0.15) is 0 Å². The third kappa shape index (κ3) is 6.16. The zero-order chi connectivity index (χ0) is 22.6. The van der Waals surface area contributed by atoms with Gasteiger partial charge in [-0.1, -0.05) is 12.1 Å². The van der Waals surface area contributed by atoms with Crippen molar-refractivity contribution in [3.8, 4) is 5.75 Å². The molecule has 1 aliphatic heterocycles. The molecule has 0 radical (unpaired) electrons. The van der Waals surface area contributed by atoms with Crippen molar-refractivity contribution in [2.45, 2.75) is 44.0 Å². The second-order valence-electron chi connectivity index (χ2n) is 7.41. The van der Waals surface area contributed by atoms with Crippen LogP contribution in [0.25, 0.3) is 0 Å². The maximum atomic E-state index is 13.3. The summed E-state index contributed by atoms with van der Waals surface area (Å²) in [7, 11) is 0. The first kappa shape index (κ1) is 23.0. The molecule has 2 aromatic rings. The van der Waals surface area contributed by atoms with Crippen LogP contribution in [0.15, 0.2) is 47.4 Å². The molecule has 0 unspecified atom stereocenters. The van der Waals surface area contributed by atoms with E-state index in [1.54, 1.807) is 29.2 Å². The number of nitrogens with zero attached hydrogens (tertiary/aromatic N) is 1. The number of rotatable bonds is 6. The number of hydrogen-bond donors (Lipinski definition) is 1. The Morgan fingerprint density at radius 2 is 1.94 bits per heavy atom. The molecule has 31 heavy (non-hydrogen) atoms. The third-order valence-corrected chi connectivity index (χ3v) is 5.65. The highest BCUT2D eigenvalue weighted by atomic mass is 32.2. The van der Waals surface area contributed by atoms with Crippen LogP contribution in [0.1, 0.15) is 36.2 Å². The van der Waals surface area contributed by atoms with E-state index in [0.717, 1.165) is 0 Å². The van der Waals surface area contributed by atoms with Crippen LogP contribution in [0.5, 0.6) is 5.75 Å². The number of alkyl halides is 3. The Hall–Kier alpha value is -2.68. The van der Waals surface area contributed by atoms with Gasteiger partial charge in [0, 0.05) is 23.2 Å². The van der Waals surface area contributed by atoms with Crippen molar-refractivity contribution < 1.29 is 27.5 Å². The molecular formula is C22H23F3N2O3S. The van der Waals surface area contributed by atoms with Crippen LogP contribution in [0.4, 0.5) is 18.9 Å². The van der Waals surface area contributed by atoms with Gasteiger partial charge in [-0.15, -0.1) is 24.9 Å². The molecule has 0 saturated carbocycles. The fourth-order valence-corrected chi connectivity index (χ4v) is 4.26. The fourth-order valence-electron chi connectivity index (χ4n) is 3.40. The molecule has 2 amide bonds. The van der Waals surface area contributed by atoms with Crippen LogP contribution in [-0.4, -0.2) is 36.5 Å². The van der Waals surface area contributed by atoms with E-state index >= 15 is 0 Å². The van der Waals surface area contributed by atoms with Crippen molar-refractivity contribution in [2.24, 2.45) is 0 Å². The number of halogens is 3. The van der Waals surface area contributed by atoms with Crippen molar-refractivity contribution in [3.63, 3.8) is 0 Å². The SMILES string of the molecule is CC(C)NC(=O)CSc1ccccc1C(=O)N1CCCc2cc(OC(F)(F)F)ccc21. The lowest BCUT2D eigenvalue weighted by Crippen LogP contribution is -2.36. The van der Waals surface area contributed by atoms with Crippen molar-refractivity contribution in [1.82, 2.24) is 5.32 Å². The smallest absolute Gasteiger partial charge is 0.406 e. The minimum absolute atomic E-state index is 0.0287. The standard InChI is InChI=1S/C22H23F3N2O3S/c1-14(2)26-20(28)13-31-19-8-4-3-7-17(19)21(29)27-11-5-6-15-12-16(9-10-18(15)27)30-22(23,24)25/h3-4,7-10,12,14H,5-6,11,13H2,1-2H3,(H,26,28). The van der Waals surface area contributed by atoms with Crippen molar-refractivity contribution in [3.05, 3.63) is 53.6 Å². The Kier molecular flexibility index (Phi) is 7.15. The fraction of sp³-hybridized carbons (Fsp3) is 0.364. The third-order valence-electron chi connectivity index (χ3n) is 4.57. The molecule has 1 aliphatic rings. The van der Waals surface area contributed by atoms with Gasteiger partial charge in [0.2, 0.25) is 5.91 Å². The summed E-state index contributed by atoms with van der Waals surface area (Å²) in [5.41, 5.74) is 1.65. The number of carbonyl (C=O) groups is 2. The van der Waals surface area contributed by atoms with E-state index in [2.05, 4.69) is 10.1 Å². The van der Waals surface area contributed by atoms with E-state index in [4.69, 9.17) is 0 Å². The van der Waals surface area contributed by atoms with Crippen LogP contribution in [-0.2, 0) is 11.2 Å². The number of hydrogen-bond acceptors (Lipinski definition) is 4. The average Bonchev–Trinajstić information content (AvgIpc) is 2.69. The molecule has 0 bridgehead atoms. The Bertz CT molecular complexity index is 963. The van der Waals surface area contributed by atoms with Gasteiger partial charge in [0.15, 0.2) is 0 Å². The van der Waals surface area contributed by atoms with Crippen molar-refractivity contribution >= 4 is 29.3 Å². The minimum Gasteiger partial charge on any atom is -0.406 e. The van der Waals surface area contributed by atoms with Crippen LogP contribution >= 0.6 is 11.8 Å². The summed E-state index contributed by atoms with van der Waals surface area (Å²) in [6, 6.07) is 11.1. The molecule has 0 aliphatic carbocycles. The van der Waals surface area contributed by atoms with Gasteiger partial charge >= 0.3 is 6.36 Å². The zero-order valence-electron chi connectivity index (χ0n) is 17.2. The van der Waals surface area contributed by atoms with E-state index in [9.17, 15) is 22.8 Å². The molecule has 1 heterocycles. The predicted octanol–water partition coefficient (Wildman–Crippen LogP) is 4.79. The monoisotopic (exact) mass is 452 g/mol. The topological polar surface area (TPSA) is 58.6 Å². The van der Waals surface area contributed by atoms with E-state index in [1.165, 1.54) is 30.0 Å². The van der Waals surface area contributed by atoms with E-state index in [1.807, 2.05) is 13.8 Å². The Labute approximate surface area is 182 Å². The predicted molar refractivity (Wildman–Crippen MR) is 114 cm³/mol. The molecule has 0 spiro atoms. The van der Waals surface area contributed by atoms with Crippen molar-refractivity contribution in [1.29, 1.82) is 0 Å². The van der Waals surface area contributed by atoms with Gasteiger partial charge in [0.05, 0.1) is 11.3 Å². The Morgan fingerprint density at radius 1 is 1.19 bits per heavy atom. The molecule has 166 valence electrons. The summed E-state index contributed by atoms with van der Waals surface area (Å²) in [5.74, 6) is -0.495. The van der Waals surface area contributed by atoms with Crippen LogP contribution in [0.2, 0.25) is 0 Å². The Morgan fingerprint density at radius 3 is 2.65 bits per heavy atom. The van der Waals surface area contributed by atoms with Crippen molar-refractivity contribution in [2.75, 3.05) is 17.2 Å². The van der Waals surface area contributed by atoms with Crippen LogP contribution < -0.4 is 15.0 Å². The summed E-state index contributed by atoms with van der Waals surface area (Å²) in [4.78, 5) is 27.6. The average molecular weight is 452 g/mol. The molecule has 0 fully saturated rings. The second-order valence-corrected chi connectivity index (χ2v) is 8.42. The highest BCUT2D eigenvalue weighted by Gasteiger charge is 2.32. The lowest BCUT2D eigenvalue weighted by atomic mass is 10.0. The minimum atomic E-state index is -4.77. The number of carbonyl (C=O) groups excluding carboxylic acids is 2. The van der Waals surface area contributed by atoms with Gasteiger partial charge < -0.3 is 15.0 Å². The van der Waals surface area contributed by atoms with Gasteiger partial charge in [-0.05, 0) is 62.6 Å². The largest absolute Gasteiger partial charge is 0.573 e. The number of ether oxygens (including phenoxy) is 1. The lowest BCUT2D eigenvalue weighted by Gasteiger charge is -2.30. The molecule has 0 atom stereocenters. The maximum absolute atomic E-state index is 13.3. The lowest BCUT2D eigenvalue weighted by molar-refractivity contribution is -0.274. The number of nitrogens with one attached hydrogen (secondary N) is 1. The van der Waals surface area contributed by atoms with Crippen LogP contribution in [0.3, 0.4) is 0 Å². The number of benzene rings is 2. The van der Waals surface area contributed by atoms with E-state index in [0.29, 0.717) is 41.1 Å². The molecule has 0 saturated heterocycles. The number of anilines is 1. The van der Waals surface area contributed by atoms with Gasteiger partial charge in [0.25, 0.3) is 5.91 Å². The summed E-state index contributed by atoms with van der Waals surface area (Å²) >= 11 is 1.28. The van der Waals surface area contributed by atoms with E-state index in [-0.39, 0.29) is 29.4 Å². The molecule has 5 nitrogen and oxygen atoms in total. The molecule has 0 aromatic heterocycles. The molecule has 1 N–H and O–H groups in total. The number of amides is 2. The van der Waals surface area contributed by atoms with Gasteiger partial charge in [-0.25, -0.2) is 0 Å². The molecule has 2 aromatic carbocycles. The first-order valence-corrected chi connectivity index (χ1v) is 10.8. The summed E-state index contributed by atoms with van der Waals surface area (Å²) in [6.45, 7) is 4.20. The summed E-state index contributed by atoms with van der Waals surface area (Å²) in [5, 5.41) is 2.81. The highest BCUT2D eigenvalue weighted by Crippen LogP contribution is 2.34. The quantitative estimate of drug-likeness (QED) is 0.640. The highest BCUT2D eigenvalue weighted by molar-refractivity contribution is 8.00. The number of fused-ring (bicyclic) bond motifs is 1. The molecular weight excluding hydrogens is 429 g/mol. The second kappa shape index (κ2) is 9.64. The maximum Gasteiger partial charge on any atom is 0.573 e. The van der Waals surface area contributed by atoms with Gasteiger partial charge in [-0.3, -0.25) is 9.59 Å². The molecule has 9 heteroatoms. The Balaban J connectivity index is 1.81. The number of aryl methyl sites for hydroxylation is 1.